The van der Waals surface area contributed by atoms with E-state index in [4.69, 9.17) is 9.47 Å². The molecule has 0 saturated carbocycles. The van der Waals surface area contributed by atoms with Crippen LogP contribution in [0.1, 0.15) is 57.8 Å². The maximum absolute atomic E-state index is 12.5. The van der Waals surface area contributed by atoms with Gasteiger partial charge in [-0.05, 0) is 30.5 Å². The summed E-state index contributed by atoms with van der Waals surface area (Å²) in [6.07, 6.45) is 0.112. The lowest BCUT2D eigenvalue weighted by atomic mass is 10.1. The van der Waals surface area contributed by atoms with E-state index in [0.717, 1.165) is 0 Å². The first-order valence-corrected chi connectivity index (χ1v) is 8.26. The first-order valence-electron chi connectivity index (χ1n) is 8.26. The second-order valence-corrected chi connectivity index (χ2v) is 6.55. The zero-order valence-electron chi connectivity index (χ0n) is 14.1. The first-order chi connectivity index (χ1) is 11.9. The molecule has 2 aliphatic rings. The number of fused-ring (bicyclic) bond motifs is 1. The topological polar surface area (TPSA) is 90.0 Å². The molecule has 1 aromatic rings. The van der Waals surface area contributed by atoms with Gasteiger partial charge in [0.1, 0.15) is 0 Å². The van der Waals surface area contributed by atoms with E-state index in [2.05, 4.69) is 0 Å². The summed E-state index contributed by atoms with van der Waals surface area (Å²) in [6.45, 7) is 4.59. The SMILES string of the molecule is CC(C)CCN1C(=O)c2ccc(C(=O)O[C@@H]3CCOC3=O)cc2C1=O. The van der Waals surface area contributed by atoms with Gasteiger partial charge in [-0.1, -0.05) is 13.8 Å². The molecule has 1 atom stereocenters. The normalized spacial score (nSPS) is 19.4. The lowest BCUT2D eigenvalue weighted by Gasteiger charge is -2.14. The van der Waals surface area contributed by atoms with Gasteiger partial charge in [-0.25, -0.2) is 9.59 Å². The Kier molecular flexibility index (Phi) is 4.57. The number of carbonyl (C=O) groups excluding carboxylic acids is 4. The van der Waals surface area contributed by atoms with Crippen molar-refractivity contribution in [1.29, 1.82) is 0 Å². The average molecular weight is 345 g/mol. The van der Waals surface area contributed by atoms with E-state index >= 15 is 0 Å². The molecule has 0 unspecified atom stereocenters. The number of cyclic esters (lactones) is 1. The lowest BCUT2D eigenvalue weighted by molar-refractivity contribution is -0.145. The number of hydrogen-bond acceptors (Lipinski definition) is 6. The highest BCUT2D eigenvalue weighted by Crippen LogP contribution is 2.25. The summed E-state index contributed by atoms with van der Waals surface area (Å²) in [4.78, 5) is 49.6. The smallest absolute Gasteiger partial charge is 0.347 e. The number of imide groups is 1. The van der Waals surface area contributed by atoms with E-state index in [1.165, 1.54) is 23.1 Å². The van der Waals surface area contributed by atoms with Gasteiger partial charge in [-0.15, -0.1) is 0 Å². The van der Waals surface area contributed by atoms with Gasteiger partial charge in [-0.3, -0.25) is 14.5 Å². The number of amides is 2. The van der Waals surface area contributed by atoms with Crippen molar-refractivity contribution in [2.75, 3.05) is 13.2 Å². The van der Waals surface area contributed by atoms with Crippen LogP contribution in [0.4, 0.5) is 0 Å². The molecule has 2 heterocycles. The van der Waals surface area contributed by atoms with Crippen LogP contribution < -0.4 is 0 Å². The second-order valence-electron chi connectivity index (χ2n) is 6.55. The Morgan fingerprint density at radius 1 is 1.24 bits per heavy atom. The van der Waals surface area contributed by atoms with Gasteiger partial charge < -0.3 is 9.47 Å². The van der Waals surface area contributed by atoms with Crippen molar-refractivity contribution in [3.8, 4) is 0 Å². The van der Waals surface area contributed by atoms with Crippen molar-refractivity contribution >= 4 is 23.8 Å². The molecule has 3 rings (SSSR count). The third-order valence-electron chi connectivity index (χ3n) is 4.27. The molecule has 132 valence electrons. The van der Waals surface area contributed by atoms with Gasteiger partial charge in [-0.2, -0.15) is 0 Å². The zero-order valence-corrected chi connectivity index (χ0v) is 14.1. The van der Waals surface area contributed by atoms with Crippen molar-refractivity contribution < 1.29 is 28.7 Å². The van der Waals surface area contributed by atoms with E-state index in [1.807, 2.05) is 13.8 Å². The predicted molar refractivity (Wildman–Crippen MR) is 86.0 cm³/mol. The van der Waals surface area contributed by atoms with Crippen LogP contribution in [0.2, 0.25) is 0 Å². The van der Waals surface area contributed by atoms with Crippen molar-refractivity contribution in [3.63, 3.8) is 0 Å². The molecule has 0 N–H and O–H groups in total. The van der Waals surface area contributed by atoms with Crippen molar-refractivity contribution in [1.82, 2.24) is 4.90 Å². The maximum Gasteiger partial charge on any atom is 0.347 e. The van der Waals surface area contributed by atoms with E-state index in [-0.39, 0.29) is 29.2 Å². The summed E-state index contributed by atoms with van der Waals surface area (Å²) >= 11 is 0. The minimum absolute atomic E-state index is 0.130. The fourth-order valence-electron chi connectivity index (χ4n) is 2.79. The molecule has 7 heteroatoms. The molecule has 25 heavy (non-hydrogen) atoms. The third kappa shape index (κ3) is 3.26. The number of nitrogens with zero attached hydrogens (tertiary/aromatic N) is 1. The van der Waals surface area contributed by atoms with Crippen LogP contribution in [0.3, 0.4) is 0 Å². The zero-order chi connectivity index (χ0) is 18.1. The Morgan fingerprint density at radius 3 is 2.60 bits per heavy atom. The summed E-state index contributed by atoms with van der Waals surface area (Å²) < 4.78 is 9.86. The Balaban J connectivity index is 1.77. The quantitative estimate of drug-likeness (QED) is 0.597. The molecule has 0 aromatic heterocycles. The van der Waals surface area contributed by atoms with Crippen molar-refractivity contribution in [3.05, 3.63) is 34.9 Å². The van der Waals surface area contributed by atoms with E-state index < -0.39 is 23.9 Å². The monoisotopic (exact) mass is 345 g/mol. The Bertz CT molecular complexity index is 754. The lowest BCUT2D eigenvalue weighted by Crippen LogP contribution is -2.31. The van der Waals surface area contributed by atoms with Gasteiger partial charge in [0.25, 0.3) is 11.8 Å². The highest BCUT2D eigenvalue weighted by atomic mass is 16.6. The van der Waals surface area contributed by atoms with Crippen LogP contribution >= 0.6 is 0 Å². The molecule has 7 nitrogen and oxygen atoms in total. The molecule has 1 saturated heterocycles. The highest BCUT2D eigenvalue weighted by Gasteiger charge is 2.36. The van der Waals surface area contributed by atoms with Crippen LogP contribution in [0, 0.1) is 5.92 Å². The molecule has 1 aromatic carbocycles. The van der Waals surface area contributed by atoms with Gasteiger partial charge >= 0.3 is 11.9 Å². The predicted octanol–water partition coefficient (Wildman–Crippen LogP) is 1.80. The molecular formula is C18H19NO6. The Labute approximate surface area is 144 Å². The van der Waals surface area contributed by atoms with Gasteiger partial charge in [0, 0.05) is 13.0 Å². The molecule has 2 aliphatic heterocycles. The van der Waals surface area contributed by atoms with Crippen LogP contribution in [0.5, 0.6) is 0 Å². The van der Waals surface area contributed by atoms with Gasteiger partial charge in [0.15, 0.2) is 0 Å². The fourth-order valence-corrected chi connectivity index (χ4v) is 2.79. The number of esters is 2. The van der Waals surface area contributed by atoms with Gasteiger partial charge in [0.2, 0.25) is 6.10 Å². The van der Waals surface area contributed by atoms with Crippen LogP contribution in [-0.4, -0.2) is 47.9 Å². The Morgan fingerprint density at radius 2 is 1.96 bits per heavy atom. The summed E-state index contributed by atoms with van der Waals surface area (Å²) in [5.41, 5.74) is 0.605. The number of carbonyl (C=O) groups is 4. The van der Waals surface area contributed by atoms with E-state index in [0.29, 0.717) is 25.3 Å². The first kappa shape index (κ1) is 17.1. The molecular weight excluding hydrogens is 326 g/mol. The number of ether oxygens (including phenoxy) is 2. The minimum atomic E-state index is -0.916. The Hall–Kier alpha value is -2.70. The highest BCUT2D eigenvalue weighted by molar-refractivity contribution is 6.22. The fraction of sp³-hybridized carbons (Fsp3) is 0.444. The summed E-state index contributed by atoms with van der Waals surface area (Å²) in [7, 11) is 0. The standard InChI is InChI=1S/C18H19NO6/c1-10(2)5-7-19-15(20)12-4-3-11(9-13(12)16(19)21)17(22)25-14-6-8-24-18(14)23/h3-4,9-10,14H,5-8H2,1-2H3/t14-/m1/s1. The number of rotatable bonds is 5. The molecule has 1 fully saturated rings. The summed E-state index contributed by atoms with van der Waals surface area (Å²) in [5.74, 6) is -1.68. The maximum atomic E-state index is 12.5. The minimum Gasteiger partial charge on any atom is -0.463 e. The van der Waals surface area contributed by atoms with Crippen molar-refractivity contribution in [2.24, 2.45) is 5.92 Å². The molecule has 0 bridgehead atoms. The van der Waals surface area contributed by atoms with E-state index in [9.17, 15) is 19.2 Å². The van der Waals surface area contributed by atoms with Crippen LogP contribution in [-0.2, 0) is 14.3 Å². The number of benzene rings is 1. The summed E-state index contributed by atoms with van der Waals surface area (Å²) in [6, 6.07) is 4.24. The largest absolute Gasteiger partial charge is 0.463 e. The molecule has 0 aliphatic carbocycles. The molecule has 0 radical (unpaired) electrons. The van der Waals surface area contributed by atoms with Crippen molar-refractivity contribution in [2.45, 2.75) is 32.8 Å². The van der Waals surface area contributed by atoms with Crippen LogP contribution in [0.25, 0.3) is 0 Å². The second kappa shape index (κ2) is 6.66. The van der Waals surface area contributed by atoms with E-state index in [1.54, 1.807) is 0 Å². The molecule has 2 amide bonds. The van der Waals surface area contributed by atoms with Crippen LogP contribution in [0.15, 0.2) is 18.2 Å². The van der Waals surface area contributed by atoms with Gasteiger partial charge in [0.05, 0.1) is 23.3 Å². The number of hydrogen-bond donors (Lipinski definition) is 0. The molecule has 0 spiro atoms. The average Bonchev–Trinajstić information content (AvgIpc) is 3.08. The summed E-state index contributed by atoms with van der Waals surface area (Å²) in [5, 5.41) is 0. The third-order valence-corrected chi connectivity index (χ3v) is 4.27.